The lowest BCUT2D eigenvalue weighted by Gasteiger charge is -2.24. The van der Waals surface area contributed by atoms with Crippen LogP contribution in [0.3, 0.4) is 0 Å². The minimum absolute atomic E-state index is 0.430. The van der Waals surface area contributed by atoms with Crippen LogP contribution < -0.4 is 10.6 Å². The molecule has 1 fully saturated rings. The van der Waals surface area contributed by atoms with E-state index in [1.807, 2.05) is 17.4 Å². The van der Waals surface area contributed by atoms with Gasteiger partial charge >= 0.3 is 0 Å². The third kappa shape index (κ3) is 3.05. The molecule has 2 aromatic rings. The maximum Gasteiger partial charge on any atom is 0.105 e. The van der Waals surface area contributed by atoms with Crippen molar-refractivity contribution in [3.8, 4) is 0 Å². The molecule has 0 saturated heterocycles. The molecule has 2 nitrogen and oxygen atoms in total. The molecule has 1 heterocycles. The molecule has 1 aliphatic carbocycles. The zero-order valence-electron chi connectivity index (χ0n) is 10.9. The molecule has 0 bridgehead atoms. The second kappa shape index (κ2) is 5.84. The fourth-order valence-corrected chi connectivity index (χ4v) is 3.86. The number of anilines is 1. The zero-order valence-corrected chi connectivity index (χ0v) is 14.1. The van der Waals surface area contributed by atoms with E-state index >= 15 is 0 Å². The lowest BCUT2D eigenvalue weighted by Crippen LogP contribution is -2.24. The molecule has 1 saturated carbocycles. The number of rotatable bonds is 5. The SMILES string of the molecule is NC(=S)c1ccc(N(Cc2cccs2)C2CC2)cc1Br. The van der Waals surface area contributed by atoms with Gasteiger partial charge in [0.25, 0.3) is 0 Å². The standard InChI is InChI=1S/C15H15BrN2S2/c16-14-8-11(5-6-13(14)15(17)19)18(10-3-4-10)9-12-2-1-7-20-12/h1-2,5-8,10H,3-4,9H2,(H2,17,19). The van der Waals surface area contributed by atoms with Crippen molar-refractivity contribution in [2.24, 2.45) is 5.73 Å². The van der Waals surface area contributed by atoms with Gasteiger partial charge in [0.05, 0.1) is 6.54 Å². The number of nitrogens with two attached hydrogens (primary N) is 1. The van der Waals surface area contributed by atoms with Crippen LogP contribution in [0.25, 0.3) is 0 Å². The molecular weight excluding hydrogens is 352 g/mol. The highest BCUT2D eigenvalue weighted by atomic mass is 79.9. The van der Waals surface area contributed by atoms with Gasteiger partial charge < -0.3 is 10.6 Å². The summed E-state index contributed by atoms with van der Waals surface area (Å²) in [5.41, 5.74) is 7.84. The summed E-state index contributed by atoms with van der Waals surface area (Å²) in [6.45, 7) is 0.973. The average Bonchev–Trinajstić information content (AvgIpc) is 3.12. The highest BCUT2D eigenvalue weighted by Gasteiger charge is 2.29. The first kappa shape index (κ1) is 14.0. The Bertz CT molecular complexity index is 621. The van der Waals surface area contributed by atoms with Crippen molar-refractivity contribution >= 4 is 50.2 Å². The van der Waals surface area contributed by atoms with Crippen LogP contribution in [0.15, 0.2) is 40.2 Å². The minimum atomic E-state index is 0.430. The Balaban J connectivity index is 1.88. The van der Waals surface area contributed by atoms with Crippen LogP contribution in [0.5, 0.6) is 0 Å². The Hall–Kier alpha value is -0.910. The van der Waals surface area contributed by atoms with Gasteiger partial charge in [-0.15, -0.1) is 11.3 Å². The van der Waals surface area contributed by atoms with Crippen LogP contribution in [-0.4, -0.2) is 11.0 Å². The topological polar surface area (TPSA) is 29.3 Å². The highest BCUT2D eigenvalue weighted by molar-refractivity contribution is 9.10. The summed E-state index contributed by atoms with van der Waals surface area (Å²) in [5.74, 6) is 0. The van der Waals surface area contributed by atoms with Gasteiger partial charge in [0, 0.05) is 26.6 Å². The van der Waals surface area contributed by atoms with Gasteiger partial charge in [0.2, 0.25) is 0 Å². The van der Waals surface area contributed by atoms with Gasteiger partial charge in [-0.1, -0.05) is 18.3 Å². The molecule has 0 atom stereocenters. The Morgan fingerprint density at radius 3 is 2.75 bits per heavy atom. The molecule has 5 heteroatoms. The molecule has 0 aliphatic heterocycles. The van der Waals surface area contributed by atoms with Crippen LogP contribution in [-0.2, 0) is 6.54 Å². The van der Waals surface area contributed by atoms with Crippen LogP contribution in [0.4, 0.5) is 5.69 Å². The minimum Gasteiger partial charge on any atom is -0.389 e. The van der Waals surface area contributed by atoms with Gasteiger partial charge in [-0.05, 0) is 58.4 Å². The third-order valence-electron chi connectivity index (χ3n) is 3.44. The summed E-state index contributed by atoms with van der Waals surface area (Å²) in [6, 6.07) is 11.2. The summed E-state index contributed by atoms with van der Waals surface area (Å²) >= 11 is 10.4. The molecule has 1 aromatic heterocycles. The van der Waals surface area contributed by atoms with E-state index in [1.54, 1.807) is 0 Å². The fourth-order valence-electron chi connectivity index (χ4n) is 2.27. The van der Waals surface area contributed by atoms with E-state index in [1.165, 1.54) is 23.4 Å². The summed E-state index contributed by atoms with van der Waals surface area (Å²) in [7, 11) is 0. The summed E-state index contributed by atoms with van der Waals surface area (Å²) in [5, 5.41) is 2.13. The van der Waals surface area contributed by atoms with E-state index < -0.39 is 0 Å². The highest BCUT2D eigenvalue weighted by Crippen LogP contribution is 2.35. The number of hydrogen-bond acceptors (Lipinski definition) is 3. The number of halogens is 1. The lowest BCUT2D eigenvalue weighted by molar-refractivity contribution is 0.803. The molecule has 0 radical (unpaired) electrons. The van der Waals surface area contributed by atoms with Crippen molar-refractivity contribution in [2.45, 2.75) is 25.4 Å². The molecule has 20 heavy (non-hydrogen) atoms. The first-order valence-electron chi connectivity index (χ1n) is 6.53. The largest absolute Gasteiger partial charge is 0.389 e. The second-order valence-electron chi connectivity index (χ2n) is 4.97. The van der Waals surface area contributed by atoms with Crippen molar-refractivity contribution < 1.29 is 0 Å². The molecule has 3 rings (SSSR count). The smallest absolute Gasteiger partial charge is 0.105 e. The van der Waals surface area contributed by atoms with Gasteiger partial charge in [-0.2, -0.15) is 0 Å². The van der Waals surface area contributed by atoms with Gasteiger partial charge in [0.1, 0.15) is 4.99 Å². The number of benzene rings is 1. The van der Waals surface area contributed by atoms with Crippen molar-refractivity contribution in [3.05, 3.63) is 50.6 Å². The van der Waals surface area contributed by atoms with Crippen LogP contribution >= 0.6 is 39.5 Å². The van der Waals surface area contributed by atoms with Crippen LogP contribution in [0.1, 0.15) is 23.3 Å². The normalized spacial score (nSPS) is 14.2. The fraction of sp³-hybridized carbons (Fsp3) is 0.267. The summed E-state index contributed by atoms with van der Waals surface area (Å²) < 4.78 is 0.972. The lowest BCUT2D eigenvalue weighted by atomic mass is 10.2. The molecular formula is C15H15BrN2S2. The summed E-state index contributed by atoms with van der Waals surface area (Å²) in [6.07, 6.45) is 2.56. The Kier molecular flexibility index (Phi) is 4.10. The predicted molar refractivity (Wildman–Crippen MR) is 93.6 cm³/mol. The Morgan fingerprint density at radius 1 is 1.40 bits per heavy atom. The molecule has 1 aliphatic rings. The summed E-state index contributed by atoms with van der Waals surface area (Å²) in [4.78, 5) is 4.30. The van der Waals surface area contributed by atoms with Crippen molar-refractivity contribution in [3.63, 3.8) is 0 Å². The monoisotopic (exact) mass is 366 g/mol. The predicted octanol–water partition coefficient (Wildman–Crippen LogP) is 4.31. The average molecular weight is 367 g/mol. The van der Waals surface area contributed by atoms with E-state index in [9.17, 15) is 0 Å². The molecule has 104 valence electrons. The molecule has 0 unspecified atom stereocenters. The number of hydrogen-bond donors (Lipinski definition) is 1. The van der Waals surface area contributed by atoms with E-state index in [0.29, 0.717) is 11.0 Å². The number of nitrogens with zero attached hydrogens (tertiary/aromatic N) is 1. The first-order chi connectivity index (χ1) is 9.65. The molecule has 0 spiro atoms. The van der Waals surface area contributed by atoms with E-state index in [-0.39, 0.29) is 0 Å². The van der Waals surface area contributed by atoms with E-state index in [0.717, 1.165) is 16.6 Å². The quantitative estimate of drug-likeness (QED) is 0.799. The number of thiocarbonyl (C=S) groups is 1. The first-order valence-corrected chi connectivity index (χ1v) is 8.61. The van der Waals surface area contributed by atoms with Crippen LogP contribution in [0, 0.1) is 0 Å². The van der Waals surface area contributed by atoms with Gasteiger partial charge in [0.15, 0.2) is 0 Å². The van der Waals surface area contributed by atoms with E-state index in [4.69, 9.17) is 18.0 Å². The third-order valence-corrected chi connectivity index (χ3v) is 5.18. The van der Waals surface area contributed by atoms with Crippen molar-refractivity contribution in [1.29, 1.82) is 0 Å². The van der Waals surface area contributed by atoms with Gasteiger partial charge in [-0.25, -0.2) is 0 Å². The zero-order chi connectivity index (χ0) is 14.1. The molecule has 0 amide bonds. The maximum absolute atomic E-state index is 5.71. The van der Waals surface area contributed by atoms with E-state index in [2.05, 4.69) is 50.5 Å². The van der Waals surface area contributed by atoms with Crippen molar-refractivity contribution in [2.75, 3.05) is 4.90 Å². The maximum atomic E-state index is 5.71. The Morgan fingerprint density at radius 2 is 2.20 bits per heavy atom. The van der Waals surface area contributed by atoms with Gasteiger partial charge in [-0.3, -0.25) is 0 Å². The second-order valence-corrected chi connectivity index (χ2v) is 7.29. The Labute approximate surface area is 136 Å². The van der Waals surface area contributed by atoms with Crippen LogP contribution in [0.2, 0.25) is 0 Å². The molecule has 2 N–H and O–H groups in total. The van der Waals surface area contributed by atoms with Crippen molar-refractivity contribution in [1.82, 2.24) is 0 Å². The number of thiophene rings is 1. The molecule has 1 aromatic carbocycles.